The van der Waals surface area contributed by atoms with Crippen molar-refractivity contribution in [2.75, 3.05) is 0 Å². The molecule has 0 bridgehead atoms. The molecule has 0 saturated carbocycles. The Hall–Kier alpha value is 0.571. The van der Waals surface area contributed by atoms with Crippen LogP contribution in [0.25, 0.3) is 0 Å². The molecule has 0 radical (unpaired) electrons. The summed E-state index contributed by atoms with van der Waals surface area (Å²) in [7, 11) is -2.95. The fourth-order valence-corrected chi connectivity index (χ4v) is 9.33. The SMILES string of the molecule is CC(C)[SiH2]O[Si](C)(C)O[SiH](C)C. The van der Waals surface area contributed by atoms with Crippen LogP contribution in [-0.2, 0) is 8.23 Å². The molecule has 0 saturated heterocycles. The minimum absolute atomic E-state index is 0.342. The topological polar surface area (TPSA) is 18.5 Å². The lowest BCUT2D eigenvalue weighted by atomic mass is 10.6. The van der Waals surface area contributed by atoms with Gasteiger partial charge in [-0.3, -0.25) is 0 Å². The molecular weight excluding hydrogens is 200 g/mol. The van der Waals surface area contributed by atoms with Crippen molar-refractivity contribution in [1.29, 1.82) is 0 Å². The van der Waals surface area contributed by atoms with Gasteiger partial charge in [0.2, 0.25) is 0 Å². The molecule has 2 nitrogen and oxygen atoms in total. The first kappa shape index (κ1) is 12.6. The van der Waals surface area contributed by atoms with Crippen LogP contribution in [0.3, 0.4) is 0 Å². The molecule has 0 N–H and O–H groups in total. The summed E-state index contributed by atoms with van der Waals surface area (Å²) in [4.78, 5) is 0. The Labute approximate surface area is 81.6 Å². The largest absolute Gasteiger partial charge is 0.442 e. The minimum Gasteiger partial charge on any atom is -0.442 e. The summed E-state index contributed by atoms with van der Waals surface area (Å²) in [6.07, 6.45) is 0. The van der Waals surface area contributed by atoms with E-state index in [0.29, 0.717) is 0 Å². The number of hydrogen-bond donors (Lipinski definition) is 0. The van der Waals surface area contributed by atoms with Gasteiger partial charge in [-0.15, -0.1) is 0 Å². The molecule has 0 aromatic heterocycles. The summed E-state index contributed by atoms with van der Waals surface area (Å²) in [6, 6.07) is 0. The van der Waals surface area contributed by atoms with Crippen LogP contribution in [0.5, 0.6) is 0 Å². The van der Waals surface area contributed by atoms with Crippen LogP contribution in [0.4, 0.5) is 0 Å². The van der Waals surface area contributed by atoms with Crippen LogP contribution in [-0.4, -0.2) is 27.4 Å². The molecule has 0 aliphatic rings. The lowest BCUT2D eigenvalue weighted by Crippen LogP contribution is -2.40. The highest BCUT2D eigenvalue weighted by Gasteiger charge is 2.25. The highest BCUT2D eigenvalue weighted by molar-refractivity contribution is 6.76. The molecule has 12 heavy (non-hydrogen) atoms. The minimum atomic E-state index is -1.71. The summed E-state index contributed by atoms with van der Waals surface area (Å²) < 4.78 is 11.8. The third-order valence-electron chi connectivity index (χ3n) is 1.28. The normalized spacial score (nSPS) is 14.0. The smallest absolute Gasteiger partial charge is 0.310 e. The summed E-state index contributed by atoms with van der Waals surface area (Å²) in [5.41, 5.74) is 0.745. The molecule has 74 valence electrons. The van der Waals surface area contributed by atoms with Gasteiger partial charge < -0.3 is 8.23 Å². The van der Waals surface area contributed by atoms with Crippen molar-refractivity contribution in [1.82, 2.24) is 0 Å². The van der Waals surface area contributed by atoms with E-state index in [2.05, 4.69) is 40.0 Å². The maximum atomic E-state index is 5.89. The molecule has 0 aromatic rings. The van der Waals surface area contributed by atoms with Crippen LogP contribution in [0.2, 0.25) is 31.7 Å². The Morgan fingerprint density at radius 3 is 2.08 bits per heavy atom. The Morgan fingerprint density at radius 1 is 1.25 bits per heavy atom. The summed E-state index contributed by atoms with van der Waals surface area (Å²) >= 11 is 0. The standard InChI is InChI=1S/C7H22O2Si3/c1-7(2)10-8-12(5,6)9-11(3)4/h7,11H,10H2,1-6H3. The second-order valence-corrected chi connectivity index (χ2v) is 13.2. The lowest BCUT2D eigenvalue weighted by Gasteiger charge is -2.26. The van der Waals surface area contributed by atoms with Gasteiger partial charge >= 0.3 is 8.56 Å². The van der Waals surface area contributed by atoms with Crippen molar-refractivity contribution >= 4 is 27.4 Å². The number of rotatable bonds is 5. The van der Waals surface area contributed by atoms with Gasteiger partial charge in [-0.05, 0) is 31.7 Å². The zero-order valence-corrected chi connectivity index (χ0v) is 12.7. The first-order valence-electron chi connectivity index (χ1n) is 4.65. The van der Waals surface area contributed by atoms with E-state index in [1.165, 1.54) is 0 Å². The second-order valence-electron chi connectivity index (χ2n) is 4.27. The Kier molecular flexibility index (Phi) is 5.59. The predicted molar refractivity (Wildman–Crippen MR) is 62.2 cm³/mol. The molecular formula is C7H22O2Si3. The van der Waals surface area contributed by atoms with Crippen LogP contribution < -0.4 is 0 Å². The molecule has 0 amide bonds. The van der Waals surface area contributed by atoms with Crippen molar-refractivity contribution in [3.8, 4) is 0 Å². The quantitative estimate of drug-likeness (QED) is 0.658. The van der Waals surface area contributed by atoms with E-state index in [1.807, 2.05) is 0 Å². The molecule has 0 unspecified atom stereocenters. The second kappa shape index (κ2) is 5.33. The monoisotopic (exact) mass is 222 g/mol. The maximum Gasteiger partial charge on any atom is 0.310 e. The molecule has 0 aliphatic carbocycles. The molecule has 0 atom stereocenters. The third-order valence-corrected chi connectivity index (χ3v) is 9.55. The zero-order valence-electron chi connectivity index (χ0n) is 9.18. The predicted octanol–water partition coefficient (Wildman–Crippen LogP) is 1.62. The highest BCUT2D eigenvalue weighted by atomic mass is 28.4. The summed E-state index contributed by atoms with van der Waals surface area (Å²) in [5, 5.41) is 0. The van der Waals surface area contributed by atoms with E-state index in [4.69, 9.17) is 8.23 Å². The Bertz CT molecular complexity index is 126. The van der Waals surface area contributed by atoms with E-state index in [9.17, 15) is 0 Å². The van der Waals surface area contributed by atoms with E-state index in [-0.39, 0.29) is 9.76 Å². The van der Waals surface area contributed by atoms with Crippen molar-refractivity contribution in [2.24, 2.45) is 0 Å². The molecule has 0 rings (SSSR count). The highest BCUT2D eigenvalue weighted by Crippen LogP contribution is 2.10. The van der Waals surface area contributed by atoms with Crippen LogP contribution in [0, 0.1) is 0 Å². The first-order chi connectivity index (χ1) is 5.33. The summed E-state index contributed by atoms with van der Waals surface area (Å²) in [5.74, 6) is 0. The molecule has 5 heteroatoms. The van der Waals surface area contributed by atoms with E-state index >= 15 is 0 Å². The molecule has 0 fully saturated rings. The van der Waals surface area contributed by atoms with Gasteiger partial charge in [0.15, 0.2) is 18.8 Å². The van der Waals surface area contributed by atoms with Gasteiger partial charge in [-0.2, -0.15) is 0 Å². The molecule has 0 spiro atoms. The van der Waals surface area contributed by atoms with E-state index in [1.54, 1.807) is 0 Å². The van der Waals surface area contributed by atoms with Crippen molar-refractivity contribution in [2.45, 2.75) is 45.6 Å². The van der Waals surface area contributed by atoms with Gasteiger partial charge in [0, 0.05) is 0 Å². The average Bonchev–Trinajstić information content (AvgIpc) is 1.81. The van der Waals surface area contributed by atoms with Crippen molar-refractivity contribution in [3.63, 3.8) is 0 Å². The lowest BCUT2D eigenvalue weighted by molar-refractivity contribution is 0.417. The van der Waals surface area contributed by atoms with Gasteiger partial charge in [0.25, 0.3) is 0 Å². The van der Waals surface area contributed by atoms with Crippen LogP contribution in [0.15, 0.2) is 0 Å². The van der Waals surface area contributed by atoms with Crippen LogP contribution in [0.1, 0.15) is 13.8 Å². The van der Waals surface area contributed by atoms with Crippen molar-refractivity contribution in [3.05, 3.63) is 0 Å². The van der Waals surface area contributed by atoms with Gasteiger partial charge in [0.05, 0.1) is 0 Å². The fourth-order valence-electron chi connectivity index (χ4n) is 0.969. The first-order valence-corrected chi connectivity index (χ1v) is 11.6. The maximum absolute atomic E-state index is 5.89. The van der Waals surface area contributed by atoms with Gasteiger partial charge in [-0.25, -0.2) is 0 Å². The van der Waals surface area contributed by atoms with Crippen molar-refractivity contribution < 1.29 is 8.23 Å². The van der Waals surface area contributed by atoms with Crippen LogP contribution >= 0.6 is 0 Å². The number of hydrogen-bond acceptors (Lipinski definition) is 2. The fraction of sp³-hybridized carbons (Fsp3) is 1.00. The third kappa shape index (κ3) is 7.23. The Balaban J connectivity index is 3.71. The molecule has 0 aromatic carbocycles. The van der Waals surface area contributed by atoms with Gasteiger partial charge in [0.1, 0.15) is 0 Å². The van der Waals surface area contributed by atoms with E-state index in [0.717, 1.165) is 5.54 Å². The average molecular weight is 223 g/mol. The molecule has 0 aliphatic heterocycles. The zero-order chi connectivity index (χ0) is 9.78. The van der Waals surface area contributed by atoms with Gasteiger partial charge in [-0.1, -0.05) is 13.8 Å². The Morgan fingerprint density at radius 2 is 1.75 bits per heavy atom. The summed E-state index contributed by atoms with van der Waals surface area (Å²) in [6.45, 7) is 13.2. The molecule has 0 heterocycles. The van der Waals surface area contributed by atoms with E-state index < -0.39 is 17.6 Å².